The molecule has 0 saturated heterocycles. The van der Waals surface area contributed by atoms with Crippen LogP contribution >= 0.6 is 0 Å². The van der Waals surface area contributed by atoms with E-state index in [4.69, 9.17) is 5.41 Å². The zero-order chi connectivity index (χ0) is 33.3. The molecule has 0 spiro atoms. The van der Waals surface area contributed by atoms with Gasteiger partial charge in [-0.15, -0.1) is 0 Å². The predicted molar refractivity (Wildman–Crippen MR) is 199 cm³/mol. The number of rotatable bonds is 8. The molecule has 2 atom stereocenters. The smallest absolute Gasteiger partial charge is 0.101 e. The van der Waals surface area contributed by atoms with Gasteiger partial charge in [-0.2, -0.15) is 10.5 Å². The molecule has 0 fully saturated rings. The van der Waals surface area contributed by atoms with Crippen molar-refractivity contribution in [1.82, 2.24) is 4.57 Å². The molecule has 5 aromatic carbocycles. The highest BCUT2D eigenvalue weighted by Crippen LogP contribution is 2.46. The summed E-state index contributed by atoms with van der Waals surface area (Å²) in [5.74, 6) is 0.261. The average Bonchev–Trinajstić information content (AvgIpc) is 3.67. The molecule has 2 unspecified atom stereocenters. The molecule has 1 aromatic heterocycles. The first kappa shape index (κ1) is 29.9. The summed E-state index contributed by atoms with van der Waals surface area (Å²) >= 11 is 0. The minimum atomic E-state index is 0.152. The number of fused-ring (bicyclic) bond motifs is 6. The van der Waals surface area contributed by atoms with Gasteiger partial charge in [-0.25, -0.2) is 0 Å². The van der Waals surface area contributed by atoms with Gasteiger partial charge in [0.25, 0.3) is 0 Å². The van der Waals surface area contributed by atoms with Crippen molar-refractivity contribution in [3.63, 3.8) is 0 Å². The number of anilines is 1. The van der Waals surface area contributed by atoms with Gasteiger partial charge in [0.2, 0.25) is 0 Å². The number of benzene rings is 5. The minimum absolute atomic E-state index is 0.152. The van der Waals surface area contributed by atoms with E-state index in [2.05, 4.69) is 137 Å². The van der Waals surface area contributed by atoms with Crippen molar-refractivity contribution in [3.05, 3.63) is 168 Å². The van der Waals surface area contributed by atoms with Gasteiger partial charge in [0.05, 0.1) is 33.9 Å². The number of hydrogen-bond donors (Lipinski definition) is 1. The highest BCUT2D eigenvalue weighted by molar-refractivity contribution is 6.09. The molecule has 5 nitrogen and oxygen atoms in total. The lowest BCUT2D eigenvalue weighted by atomic mass is 9.88. The van der Waals surface area contributed by atoms with Crippen molar-refractivity contribution in [1.29, 1.82) is 15.9 Å². The summed E-state index contributed by atoms with van der Waals surface area (Å²) in [5, 5.41) is 30.9. The molecule has 1 aliphatic heterocycles. The SMILES string of the molecule is N#Cc1ccc(-c2ccccc2-n2c3ccccc3c3ccccc32)c(CCC/C(=C\C=N)N2c3ccccc3C3C=CC=CC32)c1C#N. The van der Waals surface area contributed by atoms with E-state index in [0.29, 0.717) is 24.0 Å². The van der Waals surface area contributed by atoms with Crippen molar-refractivity contribution in [3.8, 4) is 29.0 Å². The molecule has 0 radical (unpaired) electrons. The zero-order valence-corrected chi connectivity index (χ0v) is 26.9. The van der Waals surface area contributed by atoms with Crippen LogP contribution in [0.25, 0.3) is 38.6 Å². The number of allylic oxidation sites excluding steroid dienone is 4. The van der Waals surface area contributed by atoms with Crippen LogP contribution in [0.5, 0.6) is 0 Å². The van der Waals surface area contributed by atoms with Gasteiger partial charge in [-0.05, 0) is 72.4 Å². The summed E-state index contributed by atoms with van der Waals surface area (Å²) in [6.45, 7) is 0. The van der Waals surface area contributed by atoms with Gasteiger partial charge >= 0.3 is 0 Å². The van der Waals surface area contributed by atoms with Crippen LogP contribution in [-0.2, 0) is 6.42 Å². The van der Waals surface area contributed by atoms with Gasteiger partial charge in [0.15, 0.2) is 0 Å². The first-order valence-corrected chi connectivity index (χ1v) is 16.7. The molecular formula is C44H33N5. The number of nitriles is 2. The van der Waals surface area contributed by atoms with E-state index in [0.717, 1.165) is 45.5 Å². The maximum absolute atomic E-state index is 10.5. The summed E-state index contributed by atoms with van der Waals surface area (Å²) in [4.78, 5) is 2.38. The second kappa shape index (κ2) is 12.6. The van der Waals surface area contributed by atoms with Crippen molar-refractivity contribution in [2.24, 2.45) is 0 Å². The fourth-order valence-corrected chi connectivity index (χ4v) is 7.91. The van der Waals surface area contributed by atoms with Crippen LogP contribution in [0.1, 0.15) is 41.0 Å². The van der Waals surface area contributed by atoms with Crippen LogP contribution in [0.2, 0.25) is 0 Å². The lowest BCUT2D eigenvalue weighted by Crippen LogP contribution is -2.32. The fraction of sp³-hybridized carbons (Fsp3) is 0.114. The van der Waals surface area contributed by atoms with Gasteiger partial charge in [0.1, 0.15) is 12.1 Å². The number of para-hydroxylation sites is 4. The summed E-state index contributed by atoms with van der Waals surface area (Å²) in [6.07, 6.45) is 14.1. The maximum atomic E-state index is 10.5. The van der Waals surface area contributed by atoms with E-state index >= 15 is 0 Å². The summed E-state index contributed by atoms with van der Waals surface area (Å²) in [6, 6.07) is 42.4. The summed E-state index contributed by atoms with van der Waals surface area (Å²) in [7, 11) is 0. The Hall–Kier alpha value is -6.43. The molecule has 0 amide bonds. The molecule has 6 aromatic rings. The van der Waals surface area contributed by atoms with Crippen LogP contribution in [0.15, 0.2) is 145 Å². The molecule has 8 rings (SSSR count). The van der Waals surface area contributed by atoms with Gasteiger partial charge in [0, 0.05) is 39.9 Å². The van der Waals surface area contributed by atoms with Gasteiger partial charge in [-0.1, -0.05) is 103 Å². The van der Waals surface area contributed by atoms with Gasteiger partial charge in [-0.3, -0.25) is 0 Å². The standard InChI is InChI=1S/C44H33N5/c45-27-26-31(48-40-19-6-2-14-35(40)36-15-3-7-20-41(36)48)12-11-18-32-33(25-24-30(28-46)39(32)29-47)34-13-1-8-21-42(34)49-43-22-9-4-16-37(43)38-17-5-10-23-44(38)49/h1-10,13-17,19-27,35,40,45H,11-12,18H2/b31-26+,45-27?. The molecule has 2 aliphatic rings. The van der Waals surface area contributed by atoms with Gasteiger partial charge < -0.3 is 14.9 Å². The van der Waals surface area contributed by atoms with E-state index in [1.165, 1.54) is 28.2 Å². The zero-order valence-electron chi connectivity index (χ0n) is 26.9. The molecule has 2 heterocycles. The van der Waals surface area contributed by atoms with E-state index in [-0.39, 0.29) is 12.0 Å². The number of aromatic nitrogens is 1. The quantitative estimate of drug-likeness (QED) is 0.170. The Balaban J connectivity index is 1.20. The highest BCUT2D eigenvalue weighted by atomic mass is 15.2. The second-order valence-corrected chi connectivity index (χ2v) is 12.5. The lowest BCUT2D eigenvalue weighted by molar-refractivity contribution is 0.687. The number of nitrogens with zero attached hydrogens (tertiary/aromatic N) is 4. The third-order valence-corrected chi connectivity index (χ3v) is 9.96. The molecule has 234 valence electrons. The normalized spacial score (nSPS) is 16.4. The Morgan fingerprint density at radius 3 is 2.12 bits per heavy atom. The number of hydrogen-bond acceptors (Lipinski definition) is 4. The first-order chi connectivity index (χ1) is 24.2. The Kier molecular flexibility index (Phi) is 7.72. The molecule has 1 aliphatic carbocycles. The molecule has 5 heteroatoms. The largest absolute Gasteiger partial charge is 0.337 e. The van der Waals surface area contributed by atoms with Crippen molar-refractivity contribution >= 4 is 33.7 Å². The summed E-state index contributed by atoms with van der Waals surface area (Å²) in [5.41, 5.74) is 10.5. The molecule has 49 heavy (non-hydrogen) atoms. The van der Waals surface area contributed by atoms with E-state index in [1.807, 2.05) is 18.2 Å². The molecular weight excluding hydrogens is 599 g/mol. The van der Waals surface area contributed by atoms with Crippen LogP contribution in [0, 0.1) is 28.1 Å². The Morgan fingerprint density at radius 2 is 1.39 bits per heavy atom. The highest BCUT2D eigenvalue weighted by Gasteiger charge is 2.37. The van der Waals surface area contributed by atoms with E-state index < -0.39 is 0 Å². The van der Waals surface area contributed by atoms with Crippen molar-refractivity contribution in [2.75, 3.05) is 4.90 Å². The summed E-state index contributed by atoms with van der Waals surface area (Å²) < 4.78 is 2.31. The van der Waals surface area contributed by atoms with Crippen LogP contribution in [-0.4, -0.2) is 16.8 Å². The Bertz CT molecular complexity index is 2390. The third-order valence-electron chi connectivity index (χ3n) is 9.96. The average molecular weight is 632 g/mol. The maximum Gasteiger partial charge on any atom is 0.101 e. The Morgan fingerprint density at radius 1 is 0.714 bits per heavy atom. The molecule has 1 N–H and O–H groups in total. The predicted octanol–water partition coefficient (Wildman–Crippen LogP) is 10.1. The molecule has 0 saturated carbocycles. The van der Waals surface area contributed by atoms with E-state index in [9.17, 15) is 10.5 Å². The van der Waals surface area contributed by atoms with Crippen molar-refractivity contribution < 1.29 is 0 Å². The topological polar surface area (TPSA) is 79.6 Å². The monoisotopic (exact) mass is 631 g/mol. The fourth-order valence-electron chi connectivity index (χ4n) is 7.91. The van der Waals surface area contributed by atoms with Crippen LogP contribution < -0.4 is 4.90 Å². The van der Waals surface area contributed by atoms with Crippen LogP contribution in [0.4, 0.5) is 5.69 Å². The Labute approximate surface area is 286 Å². The number of nitrogens with one attached hydrogen (secondary N) is 1. The lowest BCUT2D eigenvalue weighted by Gasteiger charge is -2.31. The minimum Gasteiger partial charge on any atom is -0.337 e. The molecule has 0 bridgehead atoms. The second-order valence-electron chi connectivity index (χ2n) is 12.5. The third kappa shape index (κ3) is 4.96. The van der Waals surface area contributed by atoms with Crippen molar-refractivity contribution in [2.45, 2.75) is 31.2 Å². The van der Waals surface area contributed by atoms with E-state index in [1.54, 1.807) is 6.07 Å². The first-order valence-electron chi connectivity index (χ1n) is 16.7. The van der Waals surface area contributed by atoms with Crippen LogP contribution in [0.3, 0.4) is 0 Å².